The number of carbonyl (C=O) groups is 1. The second kappa shape index (κ2) is 5.19. The summed E-state index contributed by atoms with van der Waals surface area (Å²) in [6.45, 7) is 0.936. The van der Waals surface area contributed by atoms with Crippen LogP contribution in [0, 0.1) is 5.92 Å². The molecule has 3 N–H and O–H groups in total. The molecule has 2 aliphatic rings. The lowest BCUT2D eigenvalue weighted by atomic mass is 9.88. The largest absolute Gasteiger partial charge is 0.386 e. The molecule has 1 aliphatic heterocycles. The van der Waals surface area contributed by atoms with Crippen molar-refractivity contribution in [3.8, 4) is 0 Å². The van der Waals surface area contributed by atoms with Crippen LogP contribution < -0.4 is 5.73 Å². The third kappa shape index (κ3) is 2.72. The SMILES string of the molecule is N[C@@H](CCc1ccccc1)C(=O)N1CC(O)(C2CC2)C1. The Morgan fingerprint density at radius 1 is 1.35 bits per heavy atom. The van der Waals surface area contributed by atoms with Crippen molar-refractivity contribution in [3.63, 3.8) is 0 Å². The predicted molar refractivity (Wildman–Crippen MR) is 77.0 cm³/mol. The van der Waals surface area contributed by atoms with Crippen LogP contribution in [0.3, 0.4) is 0 Å². The summed E-state index contributed by atoms with van der Waals surface area (Å²) in [4.78, 5) is 13.9. The van der Waals surface area contributed by atoms with E-state index in [1.165, 1.54) is 5.56 Å². The zero-order valence-electron chi connectivity index (χ0n) is 11.7. The Morgan fingerprint density at radius 2 is 2.00 bits per heavy atom. The van der Waals surface area contributed by atoms with E-state index in [4.69, 9.17) is 5.73 Å². The van der Waals surface area contributed by atoms with Gasteiger partial charge in [0.05, 0.1) is 19.1 Å². The van der Waals surface area contributed by atoms with Crippen LogP contribution in [0.15, 0.2) is 30.3 Å². The summed E-state index contributed by atoms with van der Waals surface area (Å²) in [5, 5.41) is 10.2. The van der Waals surface area contributed by atoms with Crippen LogP contribution in [-0.2, 0) is 11.2 Å². The van der Waals surface area contributed by atoms with Crippen molar-refractivity contribution in [1.82, 2.24) is 4.90 Å². The van der Waals surface area contributed by atoms with E-state index in [0.717, 1.165) is 19.3 Å². The number of aliphatic hydroxyl groups is 1. The van der Waals surface area contributed by atoms with Gasteiger partial charge in [-0.15, -0.1) is 0 Å². The molecule has 4 nitrogen and oxygen atoms in total. The molecule has 1 aliphatic carbocycles. The van der Waals surface area contributed by atoms with Crippen LogP contribution in [-0.4, -0.2) is 40.6 Å². The molecule has 0 aromatic heterocycles. The summed E-state index contributed by atoms with van der Waals surface area (Å²) in [5.74, 6) is 0.387. The third-order valence-electron chi connectivity index (χ3n) is 4.48. The minimum absolute atomic E-state index is 0.0220. The van der Waals surface area contributed by atoms with Gasteiger partial charge in [0, 0.05) is 0 Å². The van der Waals surface area contributed by atoms with Gasteiger partial charge in [0.1, 0.15) is 5.60 Å². The van der Waals surface area contributed by atoms with E-state index in [0.29, 0.717) is 25.4 Å². The van der Waals surface area contributed by atoms with Crippen molar-refractivity contribution >= 4 is 5.91 Å². The Hall–Kier alpha value is -1.39. The summed E-state index contributed by atoms with van der Waals surface area (Å²) >= 11 is 0. The standard InChI is InChI=1S/C16H22N2O2/c17-14(9-6-12-4-2-1-3-5-12)15(19)18-10-16(20,11-18)13-7-8-13/h1-5,13-14,20H,6-11,17H2/t14-/m0/s1. The highest BCUT2D eigenvalue weighted by molar-refractivity contribution is 5.82. The number of benzene rings is 1. The summed E-state index contributed by atoms with van der Waals surface area (Å²) in [7, 11) is 0. The highest BCUT2D eigenvalue weighted by Gasteiger charge is 2.53. The Labute approximate surface area is 119 Å². The van der Waals surface area contributed by atoms with Crippen LogP contribution in [0.4, 0.5) is 0 Å². The molecular formula is C16H22N2O2. The average molecular weight is 274 g/mol. The molecule has 1 aromatic rings. The first-order valence-corrected chi connectivity index (χ1v) is 7.39. The van der Waals surface area contributed by atoms with Gasteiger partial charge in [-0.2, -0.15) is 0 Å². The van der Waals surface area contributed by atoms with Crippen molar-refractivity contribution < 1.29 is 9.90 Å². The molecule has 1 atom stereocenters. The van der Waals surface area contributed by atoms with Gasteiger partial charge in [-0.3, -0.25) is 4.79 Å². The molecule has 20 heavy (non-hydrogen) atoms. The highest BCUT2D eigenvalue weighted by atomic mass is 16.3. The fourth-order valence-corrected chi connectivity index (χ4v) is 2.97. The van der Waals surface area contributed by atoms with Gasteiger partial charge >= 0.3 is 0 Å². The number of likely N-dealkylation sites (tertiary alicyclic amines) is 1. The van der Waals surface area contributed by atoms with Crippen molar-refractivity contribution in [2.75, 3.05) is 13.1 Å². The number of carbonyl (C=O) groups excluding carboxylic acids is 1. The smallest absolute Gasteiger partial charge is 0.239 e. The normalized spacial score (nSPS) is 22.2. The topological polar surface area (TPSA) is 66.6 Å². The van der Waals surface area contributed by atoms with Crippen LogP contribution in [0.25, 0.3) is 0 Å². The van der Waals surface area contributed by atoms with Gasteiger partial charge in [0.15, 0.2) is 0 Å². The molecule has 1 heterocycles. The predicted octanol–water partition coefficient (Wildman–Crippen LogP) is 0.930. The maximum atomic E-state index is 12.2. The van der Waals surface area contributed by atoms with Crippen molar-refractivity contribution in [2.24, 2.45) is 11.7 Å². The molecule has 0 bridgehead atoms. The minimum atomic E-state index is -0.616. The summed E-state index contributed by atoms with van der Waals surface area (Å²) in [5.41, 5.74) is 6.57. The molecule has 2 fully saturated rings. The zero-order valence-corrected chi connectivity index (χ0v) is 11.7. The van der Waals surface area contributed by atoms with E-state index in [-0.39, 0.29) is 5.91 Å². The molecule has 0 unspecified atom stereocenters. The quantitative estimate of drug-likeness (QED) is 0.839. The molecule has 1 saturated carbocycles. The Kier molecular flexibility index (Phi) is 3.52. The van der Waals surface area contributed by atoms with E-state index < -0.39 is 11.6 Å². The zero-order chi connectivity index (χ0) is 14.2. The van der Waals surface area contributed by atoms with Gasteiger partial charge in [-0.25, -0.2) is 0 Å². The fourth-order valence-electron chi connectivity index (χ4n) is 2.97. The number of nitrogens with zero attached hydrogens (tertiary/aromatic N) is 1. The van der Waals surface area contributed by atoms with Gasteiger partial charge in [-0.05, 0) is 37.2 Å². The number of amides is 1. The molecule has 1 saturated heterocycles. The van der Waals surface area contributed by atoms with Crippen molar-refractivity contribution in [3.05, 3.63) is 35.9 Å². The summed E-state index contributed by atoms with van der Waals surface area (Å²) < 4.78 is 0. The first kappa shape index (κ1) is 13.6. The highest BCUT2D eigenvalue weighted by Crippen LogP contribution is 2.44. The van der Waals surface area contributed by atoms with Gasteiger partial charge in [0.2, 0.25) is 5.91 Å². The second-order valence-corrected chi connectivity index (χ2v) is 6.20. The maximum Gasteiger partial charge on any atom is 0.239 e. The monoisotopic (exact) mass is 274 g/mol. The van der Waals surface area contributed by atoms with Crippen LogP contribution >= 0.6 is 0 Å². The number of aryl methyl sites for hydroxylation is 1. The minimum Gasteiger partial charge on any atom is -0.386 e. The number of hydrogen-bond acceptors (Lipinski definition) is 3. The number of hydrogen-bond donors (Lipinski definition) is 2. The van der Waals surface area contributed by atoms with Gasteiger partial charge in [0.25, 0.3) is 0 Å². The first-order valence-electron chi connectivity index (χ1n) is 7.39. The van der Waals surface area contributed by atoms with E-state index in [9.17, 15) is 9.90 Å². The number of rotatable bonds is 5. The number of nitrogens with two attached hydrogens (primary N) is 1. The van der Waals surface area contributed by atoms with E-state index >= 15 is 0 Å². The van der Waals surface area contributed by atoms with E-state index in [1.807, 2.05) is 30.3 Å². The van der Waals surface area contributed by atoms with Crippen LogP contribution in [0.2, 0.25) is 0 Å². The lowest BCUT2D eigenvalue weighted by molar-refractivity contribution is -0.160. The Balaban J connectivity index is 1.46. The van der Waals surface area contributed by atoms with Crippen LogP contribution in [0.5, 0.6) is 0 Å². The van der Waals surface area contributed by atoms with E-state index in [1.54, 1.807) is 4.90 Å². The first-order chi connectivity index (χ1) is 9.58. The Bertz CT molecular complexity index is 479. The van der Waals surface area contributed by atoms with Gasteiger partial charge in [-0.1, -0.05) is 30.3 Å². The van der Waals surface area contributed by atoms with Gasteiger partial charge < -0.3 is 15.7 Å². The molecular weight excluding hydrogens is 252 g/mol. The lowest BCUT2D eigenvalue weighted by Gasteiger charge is -2.47. The average Bonchev–Trinajstić information content (AvgIpc) is 3.26. The molecule has 3 rings (SSSR count). The lowest BCUT2D eigenvalue weighted by Crippen LogP contribution is -2.67. The summed E-state index contributed by atoms with van der Waals surface area (Å²) in [6.07, 6.45) is 3.66. The molecule has 0 radical (unpaired) electrons. The second-order valence-electron chi connectivity index (χ2n) is 6.20. The van der Waals surface area contributed by atoms with Crippen molar-refractivity contribution in [1.29, 1.82) is 0 Å². The molecule has 108 valence electrons. The maximum absolute atomic E-state index is 12.2. The van der Waals surface area contributed by atoms with Crippen molar-refractivity contribution in [2.45, 2.75) is 37.3 Å². The fraction of sp³-hybridized carbons (Fsp3) is 0.562. The van der Waals surface area contributed by atoms with E-state index in [2.05, 4.69) is 0 Å². The summed E-state index contributed by atoms with van der Waals surface area (Å²) in [6, 6.07) is 9.60. The number of β-amino-alcohol motifs (C(OH)–C–C–N with tert-alkyl or cyclic N) is 1. The molecule has 0 spiro atoms. The molecule has 1 amide bonds. The molecule has 4 heteroatoms. The molecule has 1 aromatic carbocycles. The van der Waals surface area contributed by atoms with Crippen LogP contribution in [0.1, 0.15) is 24.8 Å². The Morgan fingerprint density at radius 3 is 2.60 bits per heavy atom. The third-order valence-corrected chi connectivity index (χ3v) is 4.48.